The molecule has 0 aliphatic carbocycles. The molecular weight excluding hydrogens is 453 g/mol. The number of nitrogens with one attached hydrogen (secondary N) is 1. The highest BCUT2D eigenvalue weighted by atomic mass is 127. The number of rotatable bonds is 5. The van der Waals surface area contributed by atoms with E-state index in [4.69, 9.17) is 0 Å². The van der Waals surface area contributed by atoms with Crippen molar-refractivity contribution in [2.75, 3.05) is 39.8 Å². The predicted molar refractivity (Wildman–Crippen MR) is 120 cm³/mol. The van der Waals surface area contributed by atoms with Crippen LogP contribution in [0.5, 0.6) is 0 Å². The molecule has 7 nitrogen and oxygen atoms in total. The minimum atomic E-state index is 0. The Kier molecular flexibility index (Phi) is 8.73. The number of aliphatic imine (C=N–C) groups is 1. The number of halogens is 1. The molecule has 1 N–H and O–H groups in total. The number of nitrogens with zero attached hydrogens (tertiary/aromatic N) is 6. The van der Waals surface area contributed by atoms with Crippen molar-refractivity contribution in [3.05, 3.63) is 54.1 Å². The van der Waals surface area contributed by atoms with Gasteiger partial charge in [0.15, 0.2) is 11.8 Å². The Morgan fingerprint density at radius 2 is 1.93 bits per heavy atom. The molecule has 3 rings (SSSR count). The van der Waals surface area contributed by atoms with Crippen LogP contribution in [0.25, 0.3) is 6.08 Å². The lowest BCUT2D eigenvalue weighted by atomic mass is 10.2. The van der Waals surface area contributed by atoms with Crippen molar-refractivity contribution in [2.24, 2.45) is 12.0 Å². The normalized spacial score (nSPS) is 15.8. The zero-order chi connectivity index (χ0) is 18.2. The molecule has 0 unspecified atom stereocenters. The maximum Gasteiger partial charge on any atom is 0.194 e. The van der Waals surface area contributed by atoms with E-state index >= 15 is 0 Å². The Hall–Kier alpha value is -1.94. The molecule has 1 saturated heterocycles. The number of benzene rings is 1. The summed E-state index contributed by atoms with van der Waals surface area (Å²) in [4.78, 5) is 9.17. The van der Waals surface area contributed by atoms with Crippen LogP contribution in [-0.4, -0.2) is 70.3 Å². The van der Waals surface area contributed by atoms with Gasteiger partial charge in [-0.3, -0.25) is 9.89 Å². The summed E-state index contributed by atoms with van der Waals surface area (Å²) < 4.78 is 1.91. The predicted octanol–water partition coefficient (Wildman–Crippen LogP) is 1.84. The van der Waals surface area contributed by atoms with Crippen molar-refractivity contribution in [1.82, 2.24) is 29.9 Å². The summed E-state index contributed by atoms with van der Waals surface area (Å²) in [5.74, 6) is 1.82. The third-order valence-electron chi connectivity index (χ3n) is 4.57. The molecule has 2 heterocycles. The van der Waals surface area contributed by atoms with Crippen molar-refractivity contribution in [3.8, 4) is 0 Å². The molecule has 1 aliphatic heterocycles. The molecule has 1 fully saturated rings. The summed E-state index contributed by atoms with van der Waals surface area (Å²) >= 11 is 0. The largest absolute Gasteiger partial charge is 0.349 e. The minimum Gasteiger partial charge on any atom is -0.349 e. The molecule has 0 bridgehead atoms. The molecular formula is C19H28IN7. The second kappa shape index (κ2) is 11.0. The smallest absolute Gasteiger partial charge is 0.194 e. The summed E-state index contributed by atoms with van der Waals surface area (Å²) in [7, 11) is 3.77. The second-order valence-corrected chi connectivity index (χ2v) is 6.36. The maximum absolute atomic E-state index is 4.41. The number of piperazine rings is 1. The number of aromatic nitrogens is 3. The second-order valence-electron chi connectivity index (χ2n) is 6.36. The molecule has 2 aromatic rings. The summed E-state index contributed by atoms with van der Waals surface area (Å²) in [5, 5.41) is 11.4. The fourth-order valence-electron chi connectivity index (χ4n) is 3.00. The van der Waals surface area contributed by atoms with E-state index in [1.54, 1.807) is 6.33 Å². The standard InChI is InChI=1S/C19H27N7.HI/c1-20-19(21-15-18-23-22-16-24(18)2)26-13-11-25(12-14-26)10-6-9-17-7-4-3-5-8-17;/h3-9,16H,10-15H2,1-2H3,(H,20,21);1H. The van der Waals surface area contributed by atoms with E-state index in [0.29, 0.717) is 6.54 Å². The number of hydrogen-bond donors (Lipinski definition) is 1. The fourth-order valence-corrected chi connectivity index (χ4v) is 3.00. The molecule has 1 aliphatic rings. The Balaban J connectivity index is 0.00000261. The Bertz CT molecular complexity index is 734. The molecule has 1 aromatic carbocycles. The Morgan fingerprint density at radius 3 is 2.56 bits per heavy atom. The van der Waals surface area contributed by atoms with E-state index in [2.05, 4.69) is 66.7 Å². The van der Waals surface area contributed by atoms with Crippen molar-refractivity contribution in [3.63, 3.8) is 0 Å². The van der Waals surface area contributed by atoms with Crippen molar-refractivity contribution >= 4 is 36.0 Å². The van der Waals surface area contributed by atoms with Crippen LogP contribution in [0.3, 0.4) is 0 Å². The summed E-state index contributed by atoms with van der Waals surface area (Å²) in [6.45, 7) is 5.61. The van der Waals surface area contributed by atoms with Crippen molar-refractivity contribution < 1.29 is 0 Å². The van der Waals surface area contributed by atoms with Crippen LogP contribution in [0.15, 0.2) is 47.7 Å². The lowest BCUT2D eigenvalue weighted by molar-refractivity contribution is 0.194. The lowest BCUT2D eigenvalue weighted by Crippen LogP contribution is -2.52. The summed E-state index contributed by atoms with van der Waals surface area (Å²) in [5.41, 5.74) is 1.25. The molecule has 0 amide bonds. The average molecular weight is 481 g/mol. The van der Waals surface area contributed by atoms with Gasteiger partial charge in [0.2, 0.25) is 0 Å². The Labute approximate surface area is 178 Å². The van der Waals surface area contributed by atoms with Crippen LogP contribution >= 0.6 is 24.0 Å². The van der Waals surface area contributed by atoms with Crippen LogP contribution in [0.2, 0.25) is 0 Å². The van der Waals surface area contributed by atoms with E-state index < -0.39 is 0 Å². The summed E-state index contributed by atoms with van der Waals surface area (Å²) in [6.07, 6.45) is 6.14. The zero-order valence-corrected chi connectivity index (χ0v) is 18.3. The highest BCUT2D eigenvalue weighted by Gasteiger charge is 2.18. The minimum absolute atomic E-state index is 0. The fraction of sp³-hybridized carbons (Fsp3) is 0.421. The van der Waals surface area contributed by atoms with Gasteiger partial charge in [0, 0.05) is 46.8 Å². The zero-order valence-electron chi connectivity index (χ0n) is 16.0. The van der Waals surface area contributed by atoms with Crippen molar-refractivity contribution in [1.29, 1.82) is 0 Å². The van der Waals surface area contributed by atoms with Gasteiger partial charge >= 0.3 is 0 Å². The monoisotopic (exact) mass is 481 g/mol. The van der Waals surface area contributed by atoms with Gasteiger partial charge in [0.05, 0.1) is 6.54 Å². The molecule has 146 valence electrons. The van der Waals surface area contributed by atoms with Gasteiger partial charge < -0.3 is 14.8 Å². The number of guanidine groups is 1. The number of hydrogen-bond acceptors (Lipinski definition) is 4. The maximum atomic E-state index is 4.41. The summed E-state index contributed by atoms with van der Waals surface area (Å²) in [6, 6.07) is 10.4. The van der Waals surface area contributed by atoms with E-state index in [0.717, 1.165) is 44.5 Å². The Morgan fingerprint density at radius 1 is 1.19 bits per heavy atom. The average Bonchev–Trinajstić information content (AvgIpc) is 3.09. The van der Waals surface area contributed by atoms with Crippen molar-refractivity contribution in [2.45, 2.75) is 6.54 Å². The first-order chi connectivity index (χ1) is 12.8. The van der Waals surface area contributed by atoms with Gasteiger partial charge in [0.1, 0.15) is 6.33 Å². The third kappa shape index (κ3) is 6.31. The number of aryl methyl sites for hydroxylation is 1. The molecule has 8 heteroatoms. The van der Waals surface area contributed by atoms with Gasteiger partial charge in [-0.1, -0.05) is 42.5 Å². The van der Waals surface area contributed by atoms with Gasteiger partial charge in [0.25, 0.3) is 0 Å². The SMILES string of the molecule is CN=C(NCc1nncn1C)N1CCN(CC=Cc2ccccc2)CC1.I. The van der Waals surface area contributed by atoms with E-state index in [1.807, 2.05) is 24.7 Å². The van der Waals surface area contributed by atoms with Crippen LogP contribution in [0.4, 0.5) is 0 Å². The van der Waals surface area contributed by atoms with Crippen LogP contribution in [-0.2, 0) is 13.6 Å². The molecule has 0 atom stereocenters. The molecule has 0 radical (unpaired) electrons. The van der Waals surface area contributed by atoms with Gasteiger partial charge in [-0.2, -0.15) is 0 Å². The first-order valence-corrected chi connectivity index (χ1v) is 8.98. The molecule has 27 heavy (non-hydrogen) atoms. The third-order valence-corrected chi connectivity index (χ3v) is 4.57. The quantitative estimate of drug-likeness (QED) is 0.401. The highest BCUT2D eigenvalue weighted by Crippen LogP contribution is 2.05. The van der Waals surface area contributed by atoms with Gasteiger partial charge in [-0.15, -0.1) is 34.2 Å². The molecule has 0 saturated carbocycles. The van der Waals surface area contributed by atoms with E-state index in [1.165, 1.54) is 5.56 Å². The van der Waals surface area contributed by atoms with Crippen LogP contribution in [0, 0.1) is 0 Å². The first kappa shape index (κ1) is 21.4. The van der Waals surface area contributed by atoms with Gasteiger partial charge in [-0.05, 0) is 5.56 Å². The van der Waals surface area contributed by atoms with Gasteiger partial charge in [-0.25, -0.2) is 0 Å². The molecule has 0 spiro atoms. The van der Waals surface area contributed by atoms with Crippen LogP contribution < -0.4 is 5.32 Å². The highest BCUT2D eigenvalue weighted by molar-refractivity contribution is 14.0. The topological polar surface area (TPSA) is 61.6 Å². The lowest BCUT2D eigenvalue weighted by Gasteiger charge is -2.36. The molecule has 1 aromatic heterocycles. The van der Waals surface area contributed by atoms with E-state index in [-0.39, 0.29) is 24.0 Å². The first-order valence-electron chi connectivity index (χ1n) is 8.98. The van der Waals surface area contributed by atoms with E-state index in [9.17, 15) is 0 Å². The van der Waals surface area contributed by atoms with Crippen LogP contribution in [0.1, 0.15) is 11.4 Å².